The van der Waals surface area contributed by atoms with E-state index in [2.05, 4.69) is 15.3 Å². The molecular formula is C28H31FN4O6. The summed E-state index contributed by atoms with van der Waals surface area (Å²) in [5, 5.41) is 2.53. The molecule has 11 heteroatoms. The Morgan fingerprint density at radius 2 is 1.62 bits per heavy atom. The molecule has 0 saturated carbocycles. The number of ketones is 1. The van der Waals surface area contributed by atoms with Crippen molar-refractivity contribution < 1.29 is 33.0 Å². The zero-order chi connectivity index (χ0) is 28.6. The molecule has 1 aromatic heterocycles. The number of halogens is 1. The van der Waals surface area contributed by atoms with Crippen LogP contribution in [0, 0.1) is 5.82 Å². The maximum Gasteiger partial charge on any atom is 0.410 e. The number of nitrogens with zero attached hydrogens (tertiary/aromatic N) is 3. The number of hydrogen-bond acceptors (Lipinski definition) is 8. The predicted octanol–water partition coefficient (Wildman–Crippen LogP) is 3.68. The molecule has 0 unspecified atom stereocenters. The van der Waals surface area contributed by atoms with Gasteiger partial charge in [-0.15, -0.1) is 0 Å². The molecule has 0 aliphatic carbocycles. The van der Waals surface area contributed by atoms with E-state index in [1.165, 1.54) is 50.4 Å². The van der Waals surface area contributed by atoms with Crippen molar-refractivity contribution in [3.05, 3.63) is 83.1 Å². The number of carbonyl (C=O) groups is 3. The average Bonchev–Trinajstić information content (AvgIpc) is 2.95. The van der Waals surface area contributed by atoms with E-state index in [9.17, 15) is 18.8 Å². The molecule has 0 atom stereocenters. The number of amides is 2. The molecule has 0 bridgehead atoms. The Balaban J connectivity index is 1.78. The zero-order valence-electron chi connectivity index (χ0n) is 22.5. The second-order valence-electron chi connectivity index (χ2n) is 9.12. The first-order valence-electron chi connectivity index (χ1n) is 12.1. The number of ether oxygens (including phenoxy) is 3. The summed E-state index contributed by atoms with van der Waals surface area (Å²) in [5.74, 6) is -1.37. The molecule has 206 valence electrons. The van der Waals surface area contributed by atoms with E-state index in [0.717, 1.165) is 5.56 Å². The van der Waals surface area contributed by atoms with Crippen molar-refractivity contribution in [1.82, 2.24) is 20.2 Å². The summed E-state index contributed by atoms with van der Waals surface area (Å²) in [7, 11) is 4.21. The minimum Gasteiger partial charge on any atom is -0.490 e. The highest BCUT2D eigenvalue weighted by atomic mass is 19.1. The molecule has 0 aliphatic rings. The van der Waals surface area contributed by atoms with Crippen molar-refractivity contribution in [3.63, 3.8) is 0 Å². The van der Waals surface area contributed by atoms with Gasteiger partial charge in [0.15, 0.2) is 17.3 Å². The molecule has 3 rings (SSSR count). The van der Waals surface area contributed by atoms with E-state index in [1.54, 1.807) is 13.8 Å². The number of aromatic nitrogens is 2. The van der Waals surface area contributed by atoms with Crippen molar-refractivity contribution >= 4 is 17.8 Å². The Morgan fingerprint density at radius 1 is 0.949 bits per heavy atom. The molecule has 2 aromatic carbocycles. The summed E-state index contributed by atoms with van der Waals surface area (Å²) in [5.41, 5.74) is 0.129. The lowest BCUT2D eigenvalue weighted by atomic mass is 10.0. The molecular weight excluding hydrogens is 507 g/mol. The third-order valence-electron chi connectivity index (χ3n) is 6.07. The maximum atomic E-state index is 13.1. The predicted molar refractivity (Wildman–Crippen MR) is 140 cm³/mol. The van der Waals surface area contributed by atoms with Crippen LogP contribution >= 0.6 is 0 Å². The van der Waals surface area contributed by atoms with Gasteiger partial charge in [0.1, 0.15) is 18.0 Å². The molecule has 1 N–H and O–H groups in total. The van der Waals surface area contributed by atoms with Crippen LogP contribution in [0.3, 0.4) is 0 Å². The summed E-state index contributed by atoms with van der Waals surface area (Å²) in [6.45, 7) is 3.15. The SMILES string of the molecule is COc1nc(C(C)(C)N(C)C(=O)OCc2ccccc2)nc(C(=O)NCC(=O)Cc2ccc(F)cc2)c1OC. The third-order valence-corrected chi connectivity index (χ3v) is 6.07. The van der Waals surface area contributed by atoms with E-state index in [0.29, 0.717) is 5.56 Å². The van der Waals surface area contributed by atoms with Gasteiger partial charge in [0.2, 0.25) is 5.75 Å². The van der Waals surface area contributed by atoms with Gasteiger partial charge in [0.05, 0.1) is 20.8 Å². The average molecular weight is 539 g/mol. The van der Waals surface area contributed by atoms with Crippen molar-refractivity contribution in [2.75, 3.05) is 27.8 Å². The summed E-state index contributed by atoms with van der Waals surface area (Å²) >= 11 is 0. The fourth-order valence-electron chi connectivity index (χ4n) is 3.53. The minimum absolute atomic E-state index is 0.0129. The Kier molecular flexibility index (Phi) is 9.53. The number of rotatable bonds is 11. The van der Waals surface area contributed by atoms with Crippen LogP contribution in [0.1, 0.15) is 41.3 Å². The molecule has 2 amide bonds. The van der Waals surface area contributed by atoms with E-state index >= 15 is 0 Å². The topological polar surface area (TPSA) is 120 Å². The van der Waals surface area contributed by atoms with Crippen LogP contribution in [0.5, 0.6) is 11.6 Å². The van der Waals surface area contributed by atoms with E-state index in [4.69, 9.17) is 14.2 Å². The zero-order valence-corrected chi connectivity index (χ0v) is 22.5. The van der Waals surface area contributed by atoms with Crippen LogP contribution in [-0.4, -0.2) is 60.5 Å². The molecule has 0 spiro atoms. The second-order valence-corrected chi connectivity index (χ2v) is 9.12. The Hall–Kier alpha value is -4.54. The number of Topliss-reactive ketones (excluding diaryl/α,β-unsaturated/α-hetero) is 1. The number of nitrogens with one attached hydrogen (secondary N) is 1. The lowest BCUT2D eigenvalue weighted by molar-refractivity contribution is -0.117. The molecule has 39 heavy (non-hydrogen) atoms. The number of carbonyl (C=O) groups excluding carboxylic acids is 3. The molecule has 0 radical (unpaired) electrons. The van der Waals surface area contributed by atoms with Gasteiger partial charge in [-0.3, -0.25) is 14.5 Å². The van der Waals surface area contributed by atoms with E-state index < -0.39 is 23.4 Å². The van der Waals surface area contributed by atoms with Crippen molar-refractivity contribution in [2.45, 2.75) is 32.4 Å². The van der Waals surface area contributed by atoms with Crippen molar-refractivity contribution in [1.29, 1.82) is 0 Å². The quantitative estimate of drug-likeness (QED) is 0.393. The van der Waals surface area contributed by atoms with Gasteiger partial charge in [0, 0.05) is 13.5 Å². The van der Waals surface area contributed by atoms with Crippen molar-refractivity contribution in [3.8, 4) is 11.6 Å². The number of methoxy groups -OCH3 is 2. The molecule has 0 fully saturated rings. The maximum absolute atomic E-state index is 13.1. The van der Waals surface area contributed by atoms with Gasteiger partial charge in [-0.25, -0.2) is 14.2 Å². The number of hydrogen-bond donors (Lipinski definition) is 1. The highest BCUT2D eigenvalue weighted by Gasteiger charge is 2.36. The second kappa shape index (κ2) is 12.8. The Morgan fingerprint density at radius 3 is 2.23 bits per heavy atom. The van der Waals surface area contributed by atoms with Gasteiger partial charge in [0.25, 0.3) is 11.8 Å². The van der Waals surface area contributed by atoms with Crippen LogP contribution in [-0.2, 0) is 28.1 Å². The summed E-state index contributed by atoms with van der Waals surface area (Å²) in [6.07, 6.45) is -0.612. The fourth-order valence-corrected chi connectivity index (χ4v) is 3.53. The van der Waals surface area contributed by atoms with Gasteiger partial charge >= 0.3 is 6.09 Å². The van der Waals surface area contributed by atoms with Gasteiger partial charge in [-0.2, -0.15) is 4.98 Å². The molecule has 3 aromatic rings. The van der Waals surface area contributed by atoms with Gasteiger partial charge < -0.3 is 19.5 Å². The number of benzene rings is 2. The Labute approximate surface area is 226 Å². The largest absolute Gasteiger partial charge is 0.490 e. The summed E-state index contributed by atoms with van der Waals surface area (Å²) < 4.78 is 29.2. The highest BCUT2D eigenvalue weighted by Crippen LogP contribution is 2.33. The lowest BCUT2D eigenvalue weighted by Gasteiger charge is -2.33. The van der Waals surface area contributed by atoms with Crippen LogP contribution in [0.15, 0.2) is 54.6 Å². The van der Waals surface area contributed by atoms with E-state index in [-0.39, 0.29) is 48.5 Å². The first kappa shape index (κ1) is 29.0. The standard InChI is InChI=1S/C28H31FN4O6/c1-28(2,33(3)27(36)39-17-19-9-7-6-8-10-19)26-31-22(23(37-4)25(32-26)38-5)24(35)30-16-21(34)15-18-11-13-20(29)14-12-18/h6-14H,15-17H2,1-5H3,(H,30,35). The van der Waals surface area contributed by atoms with Gasteiger partial charge in [-0.05, 0) is 37.1 Å². The lowest BCUT2D eigenvalue weighted by Crippen LogP contribution is -2.44. The first-order valence-corrected chi connectivity index (χ1v) is 12.1. The highest BCUT2D eigenvalue weighted by molar-refractivity contribution is 5.98. The van der Waals surface area contributed by atoms with E-state index in [1.807, 2.05) is 30.3 Å². The molecule has 0 aliphatic heterocycles. The molecule has 1 heterocycles. The van der Waals surface area contributed by atoms with Crippen molar-refractivity contribution in [2.24, 2.45) is 0 Å². The fraction of sp³-hybridized carbons (Fsp3) is 0.321. The minimum atomic E-state index is -1.14. The normalized spacial score (nSPS) is 10.9. The smallest absolute Gasteiger partial charge is 0.410 e. The van der Waals surface area contributed by atoms with Crippen LogP contribution in [0.2, 0.25) is 0 Å². The first-order chi connectivity index (χ1) is 18.6. The summed E-state index contributed by atoms with van der Waals surface area (Å²) in [4.78, 5) is 48.4. The summed E-state index contributed by atoms with van der Waals surface area (Å²) in [6, 6.07) is 14.8. The van der Waals surface area contributed by atoms with Crippen LogP contribution < -0.4 is 14.8 Å². The van der Waals surface area contributed by atoms with Gasteiger partial charge in [-0.1, -0.05) is 42.5 Å². The molecule has 0 saturated heterocycles. The Bertz CT molecular complexity index is 1320. The van der Waals surface area contributed by atoms with Crippen LogP contribution in [0.4, 0.5) is 9.18 Å². The molecule has 10 nitrogen and oxygen atoms in total. The van der Waals surface area contributed by atoms with Crippen LogP contribution in [0.25, 0.3) is 0 Å². The monoisotopic (exact) mass is 538 g/mol. The third kappa shape index (κ3) is 7.28.